The summed E-state index contributed by atoms with van der Waals surface area (Å²) in [5, 5.41) is 8.00. The minimum Gasteiger partial charge on any atom is -0.377 e. The van der Waals surface area contributed by atoms with Crippen LogP contribution >= 0.6 is 11.5 Å². The van der Waals surface area contributed by atoms with Gasteiger partial charge in [0.1, 0.15) is 10.7 Å². The molecule has 1 N–H and O–H groups in total. The maximum Gasteiger partial charge on any atom is 0.135 e. The minimum atomic E-state index is 0.488. The van der Waals surface area contributed by atoms with Crippen LogP contribution in [0.5, 0.6) is 0 Å². The van der Waals surface area contributed by atoms with E-state index >= 15 is 0 Å². The number of aromatic nitrogens is 2. The molecular formula is C11H13N3OS. The van der Waals surface area contributed by atoms with Crippen molar-refractivity contribution in [2.24, 2.45) is 0 Å². The van der Waals surface area contributed by atoms with Gasteiger partial charge in [0, 0.05) is 18.6 Å². The normalized spacial score (nSPS) is 10.3. The van der Waals surface area contributed by atoms with Crippen LogP contribution in [0.4, 0.5) is 5.00 Å². The Hall–Kier alpha value is -1.46. The molecule has 0 bridgehead atoms. The highest BCUT2D eigenvalue weighted by Crippen LogP contribution is 2.17. The van der Waals surface area contributed by atoms with E-state index in [-0.39, 0.29) is 0 Å². The van der Waals surface area contributed by atoms with E-state index in [0.717, 1.165) is 16.3 Å². The van der Waals surface area contributed by atoms with Crippen LogP contribution in [0.15, 0.2) is 30.3 Å². The van der Waals surface area contributed by atoms with Gasteiger partial charge >= 0.3 is 0 Å². The maximum absolute atomic E-state index is 5.57. The van der Waals surface area contributed by atoms with E-state index in [1.165, 1.54) is 11.5 Å². The van der Waals surface area contributed by atoms with E-state index in [2.05, 4.69) is 14.9 Å². The molecule has 0 saturated carbocycles. The average molecular weight is 235 g/mol. The van der Waals surface area contributed by atoms with Crippen LogP contribution in [-0.2, 0) is 18.0 Å². The first kappa shape index (κ1) is 11.0. The molecule has 0 unspecified atom stereocenters. The smallest absolute Gasteiger partial charge is 0.135 e. The Morgan fingerprint density at radius 2 is 2.06 bits per heavy atom. The summed E-state index contributed by atoms with van der Waals surface area (Å²) in [5.74, 6) is 0. The van der Waals surface area contributed by atoms with Crippen molar-refractivity contribution >= 4 is 16.5 Å². The quantitative estimate of drug-likeness (QED) is 0.863. The molecule has 16 heavy (non-hydrogen) atoms. The number of ether oxygens (including phenoxy) is 1. The van der Waals surface area contributed by atoms with E-state index in [1.807, 2.05) is 37.4 Å². The van der Waals surface area contributed by atoms with Crippen molar-refractivity contribution in [3.05, 3.63) is 41.6 Å². The van der Waals surface area contributed by atoms with E-state index in [4.69, 9.17) is 4.74 Å². The molecule has 0 fully saturated rings. The van der Waals surface area contributed by atoms with Gasteiger partial charge in [0.05, 0.1) is 13.2 Å². The Bertz CT molecular complexity index is 430. The summed E-state index contributed by atoms with van der Waals surface area (Å²) < 4.78 is 9.44. The van der Waals surface area contributed by atoms with E-state index in [9.17, 15) is 0 Å². The highest BCUT2D eigenvalue weighted by Gasteiger charge is 2.05. The molecule has 0 aliphatic carbocycles. The van der Waals surface area contributed by atoms with E-state index in [1.54, 1.807) is 0 Å². The van der Waals surface area contributed by atoms with Gasteiger partial charge in [-0.25, -0.2) is 0 Å². The monoisotopic (exact) mass is 235 g/mol. The minimum absolute atomic E-state index is 0.488. The predicted octanol–water partition coefficient (Wildman–Crippen LogP) is 2.30. The van der Waals surface area contributed by atoms with Crippen LogP contribution < -0.4 is 5.32 Å². The fraction of sp³-hybridized carbons (Fsp3) is 0.273. The van der Waals surface area contributed by atoms with Crippen molar-refractivity contribution in [2.75, 3.05) is 12.4 Å². The molecule has 2 aromatic rings. The summed E-state index contributed by atoms with van der Waals surface area (Å²) in [6.07, 6.45) is 0. The van der Waals surface area contributed by atoms with Crippen molar-refractivity contribution in [1.29, 1.82) is 0 Å². The van der Waals surface area contributed by atoms with Crippen LogP contribution in [0.25, 0.3) is 0 Å². The third-order valence-corrected chi connectivity index (χ3v) is 2.92. The zero-order chi connectivity index (χ0) is 11.2. The molecule has 0 saturated heterocycles. The summed E-state index contributed by atoms with van der Waals surface area (Å²) >= 11 is 1.34. The average Bonchev–Trinajstić information content (AvgIpc) is 2.78. The van der Waals surface area contributed by atoms with Gasteiger partial charge in [-0.05, 0) is 5.56 Å². The largest absolute Gasteiger partial charge is 0.377 e. The molecule has 84 valence electrons. The molecule has 0 radical (unpaired) electrons. The van der Waals surface area contributed by atoms with E-state index in [0.29, 0.717) is 13.2 Å². The fourth-order valence-electron chi connectivity index (χ4n) is 1.33. The summed E-state index contributed by atoms with van der Waals surface area (Å²) in [4.78, 5) is 0. The second kappa shape index (κ2) is 5.58. The number of anilines is 1. The lowest BCUT2D eigenvalue weighted by molar-refractivity contribution is 0.105. The summed E-state index contributed by atoms with van der Waals surface area (Å²) in [6, 6.07) is 10.1. The zero-order valence-electron chi connectivity index (χ0n) is 9.01. The highest BCUT2D eigenvalue weighted by atomic mass is 32.1. The molecular weight excluding hydrogens is 222 g/mol. The molecule has 0 aliphatic heterocycles. The number of benzene rings is 1. The number of nitrogens with zero attached hydrogens (tertiary/aromatic N) is 2. The van der Waals surface area contributed by atoms with Gasteiger partial charge < -0.3 is 10.1 Å². The first-order valence-corrected chi connectivity index (χ1v) is 5.78. The Morgan fingerprint density at radius 1 is 1.25 bits per heavy atom. The van der Waals surface area contributed by atoms with Crippen molar-refractivity contribution in [3.63, 3.8) is 0 Å². The molecule has 1 heterocycles. The summed E-state index contributed by atoms with van der Waals surface area (Å²) in [6.45, 7) is 1.09. The lowest BCUT2D eigenvalue weighted by Crippen LogP contribution is -1.97. The molecule has 2 rings (SSSR count). The maximum atomic E-state index is 5.57. The zero-order valence-corrected chi connectivity index (χ0v) is 9.83. The third-order valence-electron chi connectivity index (χ3n) is 2.13. The molecule has 5 heteroatoms. The second-order valence-electron chi connectivity index (χ2n) is 3.28. The third kappa shape index (κ3) is 2.77. The fourth-order valence-corrected chi connectivity index (χ4v) is 1.85. The molecule has 1 aromatic carbocycles. The van der Waals surface area contributed by atoms with Gasteiger partial charge in [0.15, 0.2) is 0 Å². The Kier molecular flexibility index (Phi) is 3.85. The Balaban J connectivity index is 1.85. The molecule has 0 amide bonds. The number of rotatable bonds is 5. The lowest BCUT2D eigenvalue weighted by Gasteiger charge is -2.03. The van der Waals surface area contributed by atoms with Crippen LogP contribution in [-0.4, -0.2) is 16.6 Å². The van der Waals surface area contributed by atoms with Crippen LogP contribution in [0.3, 0.4) is 0 Å². The van der Waals surface area contributed by atoms with Crippen LogP contribution in [0, 0.1) is 0 Å². The molecule has 1 aromatic heterocycles. The van der Waals surface area contributed by atoms with Crippen molar-refractivity contribution < 1.29 is 4.74 Å². The summed E-state index contributed by atoms with van der Waals surface area (Å²) in [7, 11) is 1.86. The van der Waals surface area contributed by atoms with E-state index < -0.39 is 0 Å². The molecule has 0 atom stereocenters. The van der Waals surface area contributed by atoms with Crippen molar-refractivity contribution in [3.8, 4) is 0 Å². The number of hydrogen-bond donors (Lipinski definition) is 1. The standard InChI is InChI=1S/C11H13N3OS/c1-12-11-10(13-14-16-11)8-15-7-9-5-3-2-4-6-9/h2-6,12H,7-8H2,1H3. The van der Waals surface area contributed by atoms with Crippen LogP contribution in [0.2, 0.25) is 0 Å². The first-order valence-electron chi connectivity index (χ1n) is 5.01. The van der Waals surface area contributed by atoms with Gasteiger partial charge in [-0.2, -0.15) is 0 Å². The summed E-state index contributed by atoms with van der Waals surface area (Å²) in [5.41, 5.74) is 2.03. The molecule has 0 spiro atoms. The molecule has 0 aliphatic rings. The lowest BCUT2D eigenvalue weighted by atomic mass is 10.2. The number of nitrogens with one attached hydrogen (secondary N) is 1. The van der Waals surface area contributed by atoms with Gasteiger partial charge in [-0.15, -0.1) is 5.10 Å². The van der Waals surface area contributed by atoms with Crippen molar-refractivity contribution in [1.82, 2.24) is 9.59 Å². The highest BCUT2D eigenvalue weighted by molar-refractivity contribution is 7.10. The number of hydrogen-bond acceptors (Lipinski definition) is 5. The van der Waals surface area contributed by atoms with Gasteiger partial charge in [0.2, 0.25) is 0 Å². The second-order valence-corrected chi connectivity index (χ2v) is 4.03. The first-order chi connectivity index (χ1) is 7.90. The van der Waals surface area contributed by atoms with Gasteiger partial charge in [-0.3, -0.25) is 0 Å². The Morgan fingerprint density at radius 3 is 2.81 bits per heavy atom. The Labute approximate surface area is 98.4 Å². The predicted molar refractivity (Wildman–Crippen MR) is 64.4 cm³/mol. The SMILES string of the molecule is CNc1snnc1COCc1ccccc1. The topological polar surface area (TPSA) is 47.0 Å². The molecule has 4 nitrogen and oxygen atoms in total. The van der Waals surface area contributed by atoms with Gasteiger partial charge in [-0.1, -0.05) is 34.8 Å². The van der Waals surface area contributed by atoms with Crippen molar-refractivity contribution in [2.45, 2.75) is 13.2 Å². The van der Waals surface area contributed by atoms with Gasteiger partial charge in [0.25, 0.3) is 0 Å². The van der Waals surface area contributed by atoms with Crippen LogP contribution in [0.1, 0.15) is 11.3 Å².